The van der Waals surface area contributed by atoms with Crippen molar-refractivity contribution >= 4 is 11.6 Å². The van der Waals surface area contributed by atoms with Gasteiger partial charge >= 0.3 is 0 Å². The summed E-state index contributed by atoms with van der Waals surface area (Å²) in [6, 6.07) is 7.23. The molecule has 1 amide bonds. The molecule has 3 rings (SSSR count). The van der Waals surface area contributed by atoms with E-state index in [1.54, 1.807) is 12.1 Å². The summed E-state index contributed by atoms with van der Waals surface area (Å²) in [5.41, 5.74) is -0.215. The van der Waals surface area contributed by atoms with E-state index in [1.807, 2.05) is 0 Å². The van der Waals surface area contributed by atoms with Gasteiger partial charge in [0.1, 0.15) is 11.4 Å². The first-order valence-corrected chi connectivity index (χ1v) is 7.85. The van der Waals surface area contributed by atoms with Crippen molar-refractivity contribution in [1.82, 2.24) is 9.88 Å². The van der Waals surface area contributed by atoms with E-state index in [2.05, 4.69) is 4.98 Å². The Bertz CT molecular complexity index is 863. The van der Waals surface area contributed by atoms with Crippen LogP contribution in [-0.2, 0) is 6.42 Å². The minimum atomic E-state index is -0.659. The van der Waals surface area contributed by atoms with E-state index in [1.165, 1.54) is 17.0 Å². The highest BCUT2D eigenvalue weighted by molar-refractivity contribution is 5.94. The second-order valence-corrected chi connectivity index (χ2v) is 6.09. The summed E-state index contributed by atoms with van der Waals surface area (Å²) >= 11 is 0. The maximum absolute atomic E-state index is 12.9. The molecular formula is C17H16FN3O4. The minimum absolute atomic E-state index is 0.201. The van der Waals surface area contributed by atoms with Gasteiger partial charge in [0.15, 0.2) is 0 Å². The van der Waals surface area contributed by atoms with Crippen molar-refractivity contribution in [3.05, 3.63) is 73.9 Å². The second kappa shape index (κ2) is 6.84. The summed E-state index contributed by atoms with van der Waals surface area (Å²) in [5.74, 6) is -0.601. The van der Waals surface area contributed by atoms with Gasteiger partial charge in [-0.2, -0.15) is 0 Å². The number of nitro groups is 1. The van der Waals surface area contributed by atoms with E-state index in [0.29, 0.717) is 19.5 Å². The zero-order valence-corrected chi connectivity index (χ0v) is 13.3. The topological polar surface area (TPSA) is 96.3 Å². The van der Waals surface area contributed by atoms with Crippen LogP contribution in [0.4, 0.5) is 10.1 Å². The molecular weight excluding hydrogens is 329 g/mol. The number of nitrogens with zero attached hydrogens (tertiary/aromatic N) is 2. The van der Waals surface area contributed by atoms with Gasteiger partial charge in [0, 0.05) is 19.2 Å². The Balaban J connectivity index is 1.70. The summed E-state index contributed by atoms with van der Waals surface area (Å²) < 4.78 is 12.9. The zero-order chi connectivity index (χ0) is 18.0. The molecule has 0 saturated carbocycles. The van der Waals surface area contributed by atoms with Gasteiger partial charge < -0.3 is 9.88 Å². The van der Waals surface area contributed by atoms with Crippen LogP contribution in [0, 0.1) is 21.8 Å². The number of hydrogen-bond donors (Lipinski definition) is 1. The number of amides is 1. The van der Waals surface area contributed by atoms with Crippen molar-refractivity contribution in [2.75, 3.05) is 13.1 Å². The number of likely N-dealkylation sites (tertiary alicyclic amines) is 1. The van der Waals surface area contributed by atoms with Gasteiger partial charge in [-0.1, -0.05) is 12.1 Å². The molecule has 1 aromatic heterocycles. The smallest absolute Gasteiger partial charge is 0.286 e. The highest BCUT2D eigenvalue weighted by Crippen LogP contribution is 2.22. The number of carbonyl (C=O) groups is 1. The van der Waals surface area contributed by atoms with Crippen LogP contribution in [0.1, 0.15) is 22.3 Å². The number of carbonyl (C=O) groups excluding carboxylic acids is 1. The van der Waals surface area contributed by atoms with Crippen molar-refractivity contribution in [2.24, 2.45) is 5.92 Å². The fourth-order valence-corrected chi connectivity index (χ4v) is 3.04. The molecule has 0 unspecified atom stereocenters. The van der Waals surface area contributed by atoms with E-state index in [-0.39, 0.29) is 23.0 Å². The molecule has 1 saturated heterocycles. The van der Waals surface area contributed by atoms with Crippen molar-refractivity contribution in [2.45, 2.75) is 12.8 Å². The lowest BCUT2D eigenvalue weighted by Gasteiger charge is -2.16. The highest BCUT2D eigenvalue weighted by Gasteiger charge is 2.29. The van der Waals surface area contributed by atoms with Crippen LogP contribution in [0.5, 0.6) is 0 Å². The molecule has 1 aliphatic heterocycles. The van der Waals surface area contributed by atoms with Crippen molar-refractivity contribution < 1.29 is 14.1 Å². The predicted octanol–water partition coefficient (Wildman–Crippen LogP) is 2.13. The second-order valence-electron chi connectivity index (χ2n) is 6.09. The normalized spacial score (nSPS) is 16.8. The van der Waals surface area contributed by atoms with Crippen LogP contribution in [0.2, 0.25) is 0 Å². The summed E-state index contributed by atoms with van der Waals surface area (Å²) in [5, 5.41) is 10.8. The fraction of sp³-hybridized carbons (Fsp3) is 0.294. The van der Waals surface area contributed by atoms with Crippen molar-refractivity contribution in [1.29, 1.82) is 0 Å². The Hall–Kier alpha value is -3.03. The number of benzene rings is 1. The quantitative estimate of drug-likeness (QED) is 0.678. The molecule has 130 valence electrons. The number of aromatic amines is 1. The van der Waals surface area contributed by atoms with Crippen LogP contribution < -0.4 is 5.56 Å². The van der Waals surface area contributed by atoms with E-state index in [9.17, 15) is 24.1 Å². The minimum Gasteiger partial charge on any atom is -0.338 e. The Morgan fingerprint density at radius 2 is 2.08 bits per heavy atom. The first-order valence-electron chi connectivity index (χ1n) is 7.85. The molecule has 0 aliphatic carbocycles. The first-order chi connectivity index (χ1) is 11.9. The summed E-state index contributed by atoms with van der Waals surface area (Å²) in [7, 11) is 0. The Morgan fingerprint density at radius 3 is 2.76 bits per heavy atom. The lowest BCUT2D eigenvalue weighted by Crippen LogP contribution is -2.33. The van der Waals surface area contributed by atoms with E-state index in [0.717, 1.165) is 24.2 Å². The average molecular weight is 345 g/mol. The van der Waals surface area contributed by atoms with Gasteiger partial charge in [-0.25, -0.2) is 4.39 Å². The summed E-state index contributed by atoms with van der Waals surface area (Å²) in [4.78, 5) is 38.3. The van der Waals surface area contributed by atoms with Crippen LogP contribution in [-0.4, -0.2) is 33.8 Å². The molecule has 0 bridgehead atoms. The number of aromatic nitrogens is 1. The Labute approximate surface area is 142 Å². The Kier molecular flexibility index (Phi) is 4.60. The zero-order valence-electron chi connectivity index (χ0n) is 13.3. The predicted molar refractivity (Wildman–Crippen MR) is 87.8 cm³/mol. The SMILES string of the molecule is O=C(c1cc([N+](=O)[O-])c[nH]c1=O)N1CC[C@H](Cc2ccc(F)cc2)C1. The van der Waals surface area contributed by atoms with E-state index >= 15 is 0 Å². The third-order valence-corrected chi connectivity index (χ3v) is 4.34. The van der Waals surface area contributed by atoms with Gasteiger partial charge in [0.05, 0.1) is 11.1 Å². The number of halogens is 1. The number of pyridine rings is 1. The van der Waals surface area contributed by atoms with Gasteiger partial charge in [-0.15, -0.1) is 0 Å². The van der Waals surface area contributed by atoms with E-state index in [4.69, 9.17) is 0 Å². The molecule has 0 radical (unpaired) electrons. The maximum Gasteiger partial charge on any atom is 0.286 e. The molecule has 1 N–H and O–H groups in total. The number of rotatable bonds is 4. The number of H-pyrrole nitrogens is 1. The number of nitrogens with one attached hydrogen (secondary N) is 1. The molecule has 1 aliphatic rings. The molecule has 2 heterocycles. The molecule has 1 atom stereocenters. The third-order valence-electron chi connectivity index (χ3n) is 4.34. The van der Waals surface area contributed by atoms with Gasteiger partial charge in [0.25, 0.3) is 17.2 Å². The Morgan fingerprint density at radius 1 is 1.36 bits per heavy atom. The lowest BCUT2D eigenvalue weighted by molar-refractivity contribution is -0.385. The summed E-state index contributed by atoms with van der Waals surface area (Å²) in [6.45, 7) is 0.936. The summed E-state index contributed by atoms with van der Waals surface area (Å²) in [6.07, 6.45) is 2.44. The van der Waals surface area contributed by atoms with Crippen molar-refractivity contribution in [3.63, 3.8) is 0 Å². The van der Waals surface area contributed by atoms with Crippen LogP contribution >= 0.6 is 0 Å². The van der Waals surface area contributed by atoms with Crippen LogP contribution in [0.3, 0.4) is 0 Å². The van der Waals surface area contributed by atoms with Crippen molar-refractivity contribution in [3.8, 4) is 0 Å². The first kappa shape index (κ1) is 16.8. The average Bonchev–Trinajstić information content (AvgIpc) is 3.05. The molecule has 1 fully saturated rings. The van der Waals surface area contributed by atoms with E-state index < -0.39 is 16.4 Å². The van der Waals surface area contributed by atoms with Gasteiger partial charge in [-0.05, 0) is 36.5 Å². The lowest BCUT2D eigenvalue weighted by atomic mass is 9.99. The molecule has 0 spiro atoms. The fourth-order valence-electron chi connectivity index (χ4n) is 3.04. The van der Waals surface area contributed by atoms with Gasteiger partial charge in [0.2, 0.25) is 0 Å². The largest absolute Gasteiger partial charge is 0.338 e. The standard InChI is InChI=1S/C17H16FN3O4/c18-13-3-1-11(2-4-13)7-12-5-6-20(10-12)17(23)15-8-14(21(24)25)9-19-16(15)22/h1-4,8-9,12H,5-7,10H2,(H,19,22)/t12-/m1/s1. The number of hydrogen-bond acceptors (Lipinski definition) is 4. The molecule has 7 nitrogen and oxygen atoms in total. The highest BCUT2D eigenvalue weighted by atomic mass is 19.1. The maximum atomic E-state index is 12.9. The van der Waals surface area contributed by atoms with Gasteiger partial charge in [-0.3, -0.25) is 19.7 Å². The third kappa shape index (κ3) is 3.73. The molecule has 2 aromatic rings. The van der Waals surface area contributed by atoms with Crippen LogP contribution in [0.15, 0.2) is 41.3 Å². The molecule has 8 heteroatoms. The molecule has 1 aromatic carbocycles. The monoisotopic (exact) mass is 345 g/mol. The molecule has 25 heavy (non-hydrogen) atoms. The van der Waals surface area contributed by atoms with Crippen LogP contribution in [0.25, 0.3) is 0 Å².